The number of nitrogens with zero attached hydrogens (tertiary/aromatic N) is 2. The molecule has 34 heavy (non-hydrogen) atoms. The number of carbonyl (C=O) groups excluding carboxylic acids is 2. The van der Waals surface area contributed by atoms with Gasteiger partial charge in [0.2, 0.25) is 0 Å². The van der Waals surface area contributed by atoms with Gasteiger partial charge >= 0.3 is 0 Å². The average Bonchev–Trinajstić information content (AvgIpc) is 3.10. The monoisotopic (exact) mass is 486 g/mol. The number of hydrogen-bond acceptors (Lipinski definition) is 7. The van der Waals surface area contributed by atoms with Crippen molar-refractivity contribution in [2.75, 3.05) is 46.5 Å². The fourth-order valence-electron chi connectivity index (χ4n) is 4.37. The third kappa shape index (κ3) is 4.89. The third-order valence-electron chi connectivity index (χ3n) is 6.15. The highest BCUT2D eigenvalue weighted by molar-refractivity contribution is 6.46. The van der Waals surface area contributed by atoms with Crippen molar-refractivity contribution < 1.29 is 29.3 Å². The summed E-state index contributed by atoms with van der Waals surface area (Å²) in [4.78, 5) is 30.0. The van der Waals surface area contributed by atoms with Gasteiger partial charge in [0, 0.05) is 36.8 Å². The van der Waals surface area contributed by atoms with E-state index in [1.165, 1.54) is 18.1 Å². The van der Waals surface area contributed by atoms with Gasteiger partial charge in [0.25, 0.3) is 11.7 Å². The summed E-state index contributed by atoms with van der Waals surface area (Å²) in [6.07, 6.45) is 0.653. The Morgan fingerprint density at radius 3 is 2.50 bits per heavy atom. The number of aliphatic hydroxyl groups is 1. The summed E-state index contributed by atoms with van der Waals surface area (Å²) in [5.74, 6) is -1.55. The molecular weight excluding hydrogens is 460 g/mol. The first-order valence-corrected chi connectivity index (χ1v) is 11.5. The van der Waals surface area contributed by atoms with Crippen molar-refractivity contribution in [2.45, 2.75) is 12.5 Å². The predicted molar refractivity (Wildman–Crippen MR) is 127 cm³/mol. The van der Waals surface area contributed by atoms with Crippen LogP contribution in [0, 0.1) is 0 Å². The highest BCUT2D eigenvalue weighted by atomic mass is 35.5. The van der Waals surface area contributed by atoms with Crippen LogP contribution in [0.15, 0.2) is 48.0 Å². The summed E-state index contributed by atoms with van der Waals surface area (Å²) in [5.41, 5.74) is 0.925. The number of aromatic hydroxyl groups is 1. The number of hydrogen-bond donors (Lipinski definition) is 2. The van der Waals surface area contributed by atoms with Gasteiger partial charge in [-0.15, -0.1) is 0 Å². The molecule has 2 fully saturated rings. The average molecular weight is 487 g/mol. The van der Waals surface area contributed by atoms with Crippen molar-refractivity contribution in [3.05, 3.63) is 64.2 Å². The molecule has 2 aromatic carbocycles. The zero-order valence-corrected chi connectivity index (χ0v) is 19.6. The molecule has 2 aromatic rings. The molecule has 0 spiro atoms. The molecule has 0 radical (unpaired) electrons. The van der Waals surface area contributed by atoms with Crippen LogP contribution in [-0.4, -0.2) is 78.2 Å². The van der Waals surface area contributed by atoms with Crippen LogP contribution in [0.5, 0.6) is 11.5 Å². The molecule has 1 amide bonds. The first kappa shape index (κ1) is 24.1. The Morgan fingerprint density at radius 2 is 1.82 bits per heavy atom. The van der Waals surface area contributed by atoms with Crippen molar-refractivity contribution in [1.29, 1.82) is 0 Å². The van der Waals surface area contributed by atoms with E-state index in [1.54, 1.807) is 36.4 Å². The minimum Gasteiger partial charge on any atom is -0.507 e. The molecule has 0 saturated carbocycles. The zero-order chi connectivity index (χ0) is 24.2. The van der Waals surface area contributed by atoms with E-state index >= 15 is 0 Å². The molecule has 2 aliphatic rings. The zero-order valence-electron chi connectivity index (χ0n) is 18.9. The third-order valence-corrected chi connectivity index (χ3v) is 6.41. The van der Waals surface area contributed by atoms with Gasteiger partial charge in [-0.3, -0.25) is 14.5 Å². The van der Waals surface area contributed by atoms with Crippen molar-refractivity contribution in [2.24, 2.45) is 0 Å². The normalized spacial score (nSPS) is 20.6. The highest BCUT2D eigenvalue weighted by Crippen LogP contribution is 2.41. The minimum atomic E-state index is -0.824. The van der Waals surface area contributed by atoms with Gasteiger partial charge in [-0.1, -0.05) is 17.7 Å². The standard InChI is InChI=1S/C25H27ClN2O6/c1-33-20-15-17(5-8-19(20)29)22-21(23(30)16-3-6-18(26)7-4-16)24(31)25(32)28(22)10-2-9-27-11-13-34-14-12-27/h3-8,15,22,29-30H,2,9-14H2,1H3/t22-/m1/s1. The molecule has 0 aliphatic carbocycles. The predicted octanol–water partition coefficient (Wildman–Crippen LogP) is 3.20. The molecule has 4 rings (SSSR count). The molecule has 0 bridgehead atoms. The smallest absolute Gasteiger partial charge is 0.295 e. The summed E-state index contributed by atoms with van der Waals surface area (Å²) in [6, 6.07) is 10.2. The fraction of sp³-hybridized carbons (Fsp3) is 0.360. The van der Waals surface area contributed by atoms with E-state index < -0.39 is 17.7 Å². The van der Waals surface area contributed by atoms with Crippen LogP contribution >= 0.6 is 11.6 Å². The number of amides is 1. The number of methoxy groups -OCH3 is 1. The van der Waals surface area contributed by atoms with Crippen LogP contribution in [0.25, 0.3) is 5.76 Å². The van der Waals surface area contributed by atoms with Gasteiger partial charge < -0.3 is 24.6 Å². The fourth-order valence-corrected chi connectivity index (χ4v) is 4.50. The number of halogens is 1. The number of ether oxygens (including phenoxy) is 2. The molecule has 9 heteroatoms. The number of Topliss-reactive ketones (excluding diaryl/α,β-unsaturated/α-hetero) is 1. The van der Waals surface area contributed by atoms with Crippen LogP contribution in [0.1, 0.15) is 23.6 Å². The highest BCUT2D eigenvalue weighted by Gasteiger charge is 2.46. The van der Waals surface area contributed by atoms with Crippen molar-refractivity contribution >= 4 is 29.1 Å². The Kier molecular flexibility index (Phi) is 7.41. The second-order valence-corrected chi connectivity index (χ2v) is 8.67. The maximum atomic E-state index is 13.1. The lowest BCUT2D eigenvalue weighted by Crippen LogP contribution is -2.38. The second kappa shape index (κ2) is 10.5. The quantitative estimate of drug-likeness (QED) is 0.352. The Bertz CT molecular complexity index is 1100. The van der Waals surface area contributed by atoms with E-state index in [-0.39, 0.29) is 22.8 Å². The van der Waals surface area contributed by atoms with E-state index in [9.17, 15) is 19.8 Å². The van der Waals surface area contributed by atoms with E-state index in [4.69, 9.17) is 21.1 Å². The van der Waals surface area contributed by atoms with Crippen LogP contribution in [-0.2, 0) is 14.3 Å². The number of aliphatic hydroxyl groups excluding tert-OH is 1. The Morgan fingerprint density at radius 1 is 1.12 bits per heavy atom. The van der Waals surface area contributed by atoms with Gasteiger partial charge in [0.1, 0.15) is 5.76 Å². The van der Waals surface area contributed by atoms with Gasteiger partial charge in [0.15, 0.2) is 11.5 Å². The van der Waals surface area contributed by atoms with Crippen LogP contribution < -0.4 is 4.74 Å². The molecule has 180 valence electrons. The molecule has 0 unspecified atom stereocenters. The topological polar surface area (TPSA) is 99.5 Å². The minimum absolute atomic E-state index is 0.00793. The number of morpholine rings is 1. The lowest BCUT2D eigenvalue weighted by atomic mass is 9.95. The molecule has 2 heterocycles. The molecule has 1 atom stereocenters. The van der Waals surface area contributed by atoms with Crippen molar-refractivity contribution in [1.82, 2.24) is 9.80 Å². The summed E-state index contributed by atoms with van der Waals surface area (Å²) in [7, 11) is 1.42. The van der Waals surface area contributed by atoms with E-state index in [0.29, 0.717) is 42.3 Å². The van der Waals surface area contributed by atoms with Crippen molar-refractivity contribution in [3.8, 4) is 11.5 Å². The Balaban J connectivity index is 1.70. The maximum Gasteiger partial charge on any atom is 0.295 e. The molecule has 2 N–H and O–H groups in total. The number of phenolic OH excluding ortho intramolecular Hbond substituents is 1. The first-order chi connectivity index (χ1) is 16.4. The Labute approximate surface area is 202 Å². The molecule has 2 aliphatic heterocycles. The van der Waals surface area contributed by atoms with Gasteiger partial charge in [-0.05, 0) is 48.4 Å². The van der Waals surface area contributed by atoms with Crippen molar-refractivity contribution in [3.63, 3.8) is 0 Å². The van der Waals surface area contributed by atoms with Crippen LogP contribution in [0.4, 0.5) is 0 Å². The summed E-state index contributed by atoms with van der Waals surface area (Å²) >= 11 is 5.97. The summed E-state index contributed by atoms with van der Waals surface area (Å²) in [6.45, 7) is 4.10. The number of likely N-dealkylation sites (tertiary alicyclic amines) is 1. The number of rotatable bonds is 7. The largest absolute Gasteiger partial charge is 0.507 e. The SMILES string of the molecule is COc1cc([C@@H]2C(=C(O)c3ccc(Cl)cc3)C(=O)C(=O)N2CCCN2CCOCC2)ccc1O. The molecule has 8 nitrogen and oxygen atoms in total. The van der Waals surface area contributed by atoms with Crippen LogP contribution in [0.3, 0.4) is 0 Å². The second-order valence-electron chi connectivity index (χ2n) is 8.24. The number of benzene rings is 2. The molecule has 0 aromatic heterocycles. The lowest BCUT2D eigenvalue weighted by Gasteiger charge is -2.29. The van der Waals surface area contributed by atoms with E-state index in [2.05, 4.69) is 4.90 Å². The van der Waals surface area contributed by atoms with E-state index in [0.717, 1.165) is 19.6 Å². The number of carbonyl (C=O) groups is 2. The Hall–Kier alpha value is -3.07. The lowest BCUT2D eigenvalue weighted by molar-refractivity contribution is -0.140. The maximum absolute atomic E-state index is 13.1. The summed E-state index contributed by atoms with van der Waals surface area (Å²) in [5, 5.41) is 21.6. The van der Waals surface area contributed by atoms with Gasteiger partial charge in [-0.2, -0.15) is 0 Å². The van der Waals surface area contributed by atoms with Gasteiger partial charge in [0.05, 0.1) is 31.9 Å². The number of ketones is 1. The van der Waals surface area contributed by atoms with Gasteiger partial charge in [-0.25, -0.2) is 0 Å². The summed E-state index contributed by atoms with van der Waals surface area (Å²) < 4.78 is 10.6. The van der Waals surface area contributed by atoms with E-state index in [1.807, 2.05) is 0 Å². The van der Waals surface area contributed by atoms with Crippen LogP contribution in [0.2, 0.25) is 5.02 Å². The molecule has 2 saturated heterocycles. The number of phenols is 1. The first-order valence-electron chi connectivity index (χ1n) is 11.1. The molecular formula is C25H27ClN2O6.